The van der Waals surface area contributed by atoms with Crippen LogP contribution in [0.3, 0.4) is 0 Å². The van der Waals surface area contributed by atoms with Gasteiger partial charge in [-0.3, -0.25) is 0 Å². The van der Waals surface area contributed by atoms with Crippen LogP contribution in [0.5, 0.6) is 0 Å². The highest BCUT2D eigenvalue weighted by Gasteiger charge is 2.31. The fourth-order valence-electron chi connectivity index (χ4n) is 2.38. The molecule has 1 amide bonds. The van der Waals surface area contributed by atoms with Gasteiger partial charge < -0.3 is 15.0 Å². The van der Waals surface area contributed by atoms with Crippen molar-refractivity contribution in [2.24, 2.45) is 5.92 Å². The zero-order chi connectivity index (χ0) is 15.3. The predicted octanol–water partition coefficient (Wildman–Crippen LogP) is 2.88. The lowest BCUT2D eigenvalue weighted by Crippen LogP contribution is -2.52. The number of nitrogens with zero attached hydrogens (tertiary/aromatic N) is 1. The summed E-state index contributed by atoms with van der Waals surface area (Å²) in [6, 6.07) is -0.0878. The normalized spacial score (nSPS) is 24.1. The second-order valence-electron chi connectivity index (χ2n) is 6.39. The molecule has 0 aromatic heterocycles. The molecule has 0 bridgehead atoms. The third-order valence-corrected chi connectivity index (χ3v) is 3.33. The standard InChI is InChI=1S/C14H26F2N2O2/c1-5-10-6-11(17-7-12(15)16)9-18(8-10)13(19)20-14(2,3)4/h10-12,17H,5-9H2,1-4H3. The van der Waals surface area contributed by atoms with E-state index in [1.807, 2.05) is 27.7 Å². The fourth-order valence-corrected chi connectivity index (χ4v) is 2.38. The fraction of sp³-hybridized carbons (Fsp3) is 0.929. The number of halogens is 2. The van der Waals surface area contributed by atoms with E-state index in [1.165, 1.54) is 0 Å². The topological polar surface area (TPSA) is 41.6 Å². The van der Waals surface area contributed by atoms with Crippen LogP contribution in [0, 0.1) is 5.92 Å². The lowest BCUT2D eigenvalue weighted by molar-refractivity contribution is 0.0117. The van der Waals surface area contributed by atoms with Crippen LogP contribution in [0.2, 0.25) is 0 Å². The summed E-state index contributed by atoms with van der Waals surface area (Å²) in [7, 11) is 0. The summed E-state index contributed by atoms with van der Waals surface area (Å²) in [5, 5.41) is 2.83. The first-order valence-electron chi connectivity index (χ1n) is 7.20. The van der Waals surface area contributed by atoms with Crippen molar-refractivity contribution in [1.29, 1.82) is 0 Å². The number of rotatable bonds is 4. The van der Waals surface area contributed by atoms with Crippen molar-refractivity contribution in [2.75, 3.05) is 19.6 Å². The first kappa shape index (κ1) is 17.1. The Morgan fingerprint density at radius 2 is 2.05 bits per heavy atom. The molecule has 1 saturated heterocycles. The number of amides is 1. The van der Waals surface area contributed by atoms with Crippen molar-refractivity contribution >= 4 is 6.09 Å². The van der Waals surface area contributed by atoms with Gasteiger partial charge in [0.2, 0.25) is 0 Å². The molecule has 118 valence electrons. The first-order valence-corrected chi connectivity index (χ1v) is 7.20. The summed E-state index contributed by atoms with van der Waals surface area (Å²) in [6.45, 7) is 8.24. The first-order chi connectivity index (χ1) is 9.21. The lowest BCUT2D eigenvalue weighted by Gasteiger charge is -2.38. The Balaban J connectivity index is 2.59. The summed E-state index contributed by atoms with van der Waals surface area (Å²) >= 11 is 0. The number of alkyl halides is 2. The Bertz CT molecular complexity index is 319. The molecule has 0 saturated carbocycles. The highest BCUT2D eigenvalue weighted by Crippen LogP contribution is 2.22. The van der Waals surface area contributed by atoms with Gasteiger partial charge in [0.1, 0.15) is 5.60 Å². The van der Waals surface area contributed by atoms with Crippen molar-refractivity contribution in [1.82, 2.24) is 10.2 Å². The molecular weight excluding hydrogens is 266 g/mol. The Morgan fingerprint density at radius 3 is 2.55 bits per heavy atom. The monoisotopic (exact) mass is 292 g/mol. The molecule has 2 atom stereocenters. The Kier molecular flexibility index (Phi) is 6.17. The summed E-state index contributed by atoms with van der Waals surface area (Å²) in [5.41, 5.74) is -0.540. The molecule has 4 nitrogen and oxygen atoms in total. The minimum atomic E-state index is -2.37. The van der Waals surface area contributed by atoms with Gasteiger partial charge in [0.05, 0.1) is 6.54 Å². The van der Waals surface area contributed by atoms with E-state index in [1.54, 1.807) is 4.90 Å². The predicted molar refractivity (Wildman–Crippen MR) is 74.0 cm³/mol. The Hall–Kier alpha value is -0.910. The summed E-state index contributed by atoms with van der Waals surface area (Å²) < 4.78 is 29.9. The highest BCUT2D eigenvalue weighted by molar-refractivity contribution is 5.68. The highest BCUT2D eigenvalue weighted by atomic mass is 19.3. The molecule has 6 heteroatoms. The van der Waals surface area contributed by atoms with Crippen LogP contribution in [0.15, 0.2) is 0 Å². The van der Waals surface area contributed by atoms with E-state index in [0.29, 0.717) is 19.0 Å². The molecule has 0 aromatic rings. The smallest absolute Gasteiger partial charge is 0.410 e. The molecule has 1 heterocycles. The van der Waals surface area contributed by atoms with Crippen molar-refractivity contribution in [2.45, 2.75) is 58.6 Å². The minimum absolute atomic E-state index is 0.0878. The van der Waals surface area contributed by atoms with Crippen molar-refractivity contribution < 1.29 is 18.3 Å². The van der Waals surface area contributed by atoms with E-state index in [9.17, 15) is 13.6 Å². The van der Waals surface area contributed by atoms with Gasteiger partial charge in [0, 0.05) is 19.1 Å². The molecule has 0 aromatic carbocycles. The van der Waals surface area contributed by atoms with Gasteiger partial charge in [-0.15, -0.1) is 0 Å². The number of carbonyl (C=O) groups excluding carboxylic acids is 1. The third-order valence-electron chi connectivity index (χ3n) is 3.33. The molecular formula is C14H26F2N2O2. The van der Waals surface area contributed by atoms with Crippen LogP contribution in [0.25, 0.3) is 0 Å². The van der Waals surface area contributed by atoms with Gasteiger partial charge in [0.15, 0.2) is 0 Å². The van der Waals surface area contributed by atoms with Crippen LogP contribution in [-0.2, 0) is 4.74 Å². The van der Waals surface area contributed by atoms with Crippen LogP contribution in [0.1, 0.15) is 40.5 Å². The average Bonchev–Trinajstić information content (AvgIpc) is 2.33. The van der Waals surface area contributed by atoms with Crippen molar-refractivity contribution in [3.05, 3.63) is 0 Å². The maximum absolute atomic E-state index is 12.3. The summed E-state index contributed by atoms with van der Waals surface area (Å²) in [6.07, 6.45) is -0.985. The average molecular weight is 292 g/mol. The van der Waals surface area contributed by atoms with Gasteiger partial charge in [-0.05, 0) is 33.1 Å². The molecule has 1 aliphatic rings. The maximum Gasteiger partial charge on any atom is 0.410 e. The van der Waals surface area contributed by atoms with Crippen molar-refractivity contribution in [3.8, 4) is 0 Å². The van der Waals surface area contributed by atoms with E-state index in [-0.39, 0.29) is 18.7 Å². The van der Waals surface area contributed by atoms with E-state index in [4.69, 9.17) is 4.74 Å². The second kappa shape index (κ2) is 7.20. The summed E-state index contributed by atoms with van der Waals surface area (Å²) in [4.78, 5) is 13.7. The van der Waals surface area contributed by atoms with E-state index >= 15 is 0 Å². The van der Waals surface area contributed by atoms with Crippen LogP contribution >= 0.6 is 0 Å². The molecule has 1 rings (SSSR count). The van der Waals surface area contributed by atoms with Crippen molar-refractivity contribution in [3.63, 3.8) is 0 Å². The molecule has 20 heavy (non-hydrogen) atoms. The van der Waals surface area contributed by atoms with E-state index in [2.05, 4.69) is 5.32 Å². The van der Waals surface area contributed by atoms with Crippen LogP contribution in [0.4, 0.5) is 13.6 Å². The minimum Gasteiger partial charge on any atom is -0.444 e. The van der Waals surface area contributed by atoms with Gasteiger partial charge >= 0.3 is 6.09 Å². The summed E-state index contributed by atoms with van der Waals surface area (Å²) in [5.74, 6) is 0.325. The van der Waals surface area contributed by atoms with Gasteiger partial charge in [-0.2, -0.15) is 0 Å². The maximum atomic E-state index is 12.3. The van der Waals surface area contributed by atoms with Gasteiger partial charge in [-0.25, -0.2) is 13.6 Å². The molecule has 2 unspecified atom stereocenters. The quantitative estimate of drug-likeness (QED) is 0.866. The molecule has 0 radical (unpaired) electrons. The van der Waals surface area contributed by atoms with E-state index in [0.717, 1.165) is 12.8 Å². The molecule has 1 aliphatic heterocycles. The number of hydrogen-bond donors (Lipinski definition) is 1. The zero-order valence-corrected chi connectivity index (χ0v) is 12.8. The van der Waals surface area contributed by atoms with Gasteiger partial charge in [-0.1, -0.05) is 13.3 Å². The second-order valence-corrected chi connectivity index (χ2v) is 6.39. The molecule has 1 fully saturated rings. The van der Waals surface area contributed by atoms with Crippen LogP contribution < -0.4 is 5.32 Å². The number of nitrogens with one attached hydrogen (secondary N) is 1. The largest absolute Gasteiger partial charge is 0.444 e. The molecule has 0 spiro atoms. The molecule has 0 aliphatic carbocycles. The van der Waals surface area contributed by atoms with Gasteiger partial charge in [0.25, 0.3) is 6.43 Å². The number of likely N-dealkylation sites (tertiary alicyclic amines) is 1. The zero-order valence-electron chi connectivity index (χ0n) is 12.8. The number of ether oxygens (including phenoxy) is 1. The Labute approximate surface area is 119 Å². The number of piperidine rings is 1. The lowest BCUT2D eigenvalue weighted by atomic mass is 9.92. The van der Waals surface area contributed by atoms with Crippen LogP contribution in [-0.4, -0.2) is 48.7 Å². The van der Waals surface area contributed by atoms with E-state index < -0.39 is 12.0 Å². The Morgan fingerprint density at radius 1 is 1.40 bits per heavy atom. The molecule has 1 N–H and O–H groups in total. The number of hydrogen-bond acceptors (Lipinski definition) is 3. The number of carbonyl (C=O) groups is 1. The third kappa shape index (κ3) is 6.03. The SMILES string of the molecule is CCC1CC(NCC(F)F)CN(C(=O)OC(C)(C)C)C1.